The summed E-state index contributed by atoms with van der Waals surface area (Å²) in [5, 5.41) is 0. The lowest BCUT2D eigenvalue weighted by Gasteiger charge is -2.37. The van der Waals surface area contributed by atoms with Crippen LogP contribution in [0.15, 0.2) is 12.2 Å². The van der Waals surface area contributed by atoms with Gasteiger partial charge in [0.1, 0.15) is 0 Å². The van der Waals surface area contributed by atoms with Crippen molar-refractivity contribution in [2.24, 2.45) is 35.5 Å². The topological polar surface area (TPSA) is 36.9 Å². The second kappa shape index (κ2) is 15.1. The first-order valence-electron chi connectivity index (χ1n) is 15.5. The lowest BCUT2D eigenvalue weighted by molar-refractivity contribution is 0.291. The Bertz CT molecular complexity index is 727. The van der Waals surface area contributed by atoms with Gasteiger partial charge in [0.05, 0.1) is 0 Å². The third kappa shape index (κ3) is 10.4. The van der Waals surface area contributed by atoms with Gasteiger partial charge in [-0.1, -0.05) is 25.0 Å². The summed E-state index contributed by atoms with van der Waals surface area (Å²) in [4.78, 5) is 0. The Balaban J connectivity index is 0.000000234. The van der Waals surface area contributed by atoms with Crippen LogP contribution in [0, 0.1) is 35.5 Å². The van der Waals surface area contributed by atoms with E-state index < -0.39 is 34.0 Å². The van der Waals surface area contributed by atoms with Gasteiger partial charge in [-0.3, -0.25) is 0 Å². The smallest absolute Gasteiger partial charge is 0.189 e. The Morgan fingerprint density at radius 2 is 1.21 bits per heavy atom. The summed E-state index contributed by atoms with van der Waals surface area (Å²) in [6, 6.07) is 2.68. The Kier molecular flexibility index (Phi) is 13.7. The number of hydrogen-bond acceptors (Lipinski definition) is 4. The van der Waals surface area contributed by atoms with Crippen molar-refractivity contribution in [3.63, 3.8) is 0 Å². The second-order valence-corrected chi connectivity index (χ2v) is 30.5. The van der Waals surface area contributed by atoms with Crippen LogP contribution in [0.5, 0.6) is 0 Å². The maximum Gasteiger partial charge on any atom is 0.189 e. The lowest BCUT2D eigenvalue weighted by Crippen LogP contribution is -2.39. The van der Waals surface area contributed by atoms with Gasteiger partial charge in [-0.25, -0.2) is 0 Å². The van der Waals surface area contributed by atoms with E-state index in [0.717, 1.165) is 41.0 Å². The number of fused-ring (bicyclic) bond motifs is 4. The fourth-order valence-electron chi connectivity index (χ4n) is 7.25. The van der Waals surface area contributed by atoms with E-state index in [-0.39, 0.29) is 0 Å². The standard InChI is InChI=1S/C15H32O2Si2.C12H22OSi.C3H10OSi/c1-16-18(3,4)8-7-12-9-14-10-13(12)11-15(14)19(5,6)17-2;1-13-14(2,3)7-6-12-9-10-4-5-11(12)8-10;1-4-5(2)3/h12-15H,7-11H2,1-6H3;4-5,10-12H,6-9H2,1-3H3;5H,1-3H3. The van der Waals surface area contributed by atoms with Crippen molar-refractivity contribution in [3.05, 3.63) is 12.2 Å². The summed E-state index contributed by atoms with van der Waals surface area (Å²) in [6.45, 7) is 18.5. The zero-order chi connectivity index (χ0) is 28.7. The molecule has 0 aromatic carbocycles. The minimum atomic E-state index is -1.41. The third-order valence-corrected chi connectivity index (χ3v) is 20.3. The van der Waals surface area contributed by atoms with Crippen LogP contribution in [0.2, 0.25) is 70.0 Å². The molecule has 0 aromatic rings. The molecule has 38 heavy (non-hydrogen) atoms. The zero-order valence-electron chi connectivity index (χ0n) is 27.3. The molecule has 4 aliphatic carbocycles. The van der Waals surface area contributed by atoms with Crippen LogP contribution in [0.1, 0.15) is 44.9 Å². The maximum atomic E-state index is 5.87. The normalized spacial score (nSPS) is 31.9. The summed E-state index contributed by atoms with van der Waals surface area (Å²) in [6.07, 6.45) is 15.0. The molecule has 0 saturated heterocycles. The van der Waals surface area contributed by atoms with E-state index in [1.54, 1.807) is 7.11 Å². The molecule has 3 saturated carbocycles. The van der Waals surface area contributed by atoms with Crippen LogP contribution >= 0.6 is 0 Å². The Labute approximate surface area is 242 Å². The molecule has 0 spiro atoms. The second-order valence-electron chi connectivity index (χ2n) is 14.7. The Morgan fingerprint density at radius 1 is 0.658 bits per heavy atom. The predicted molar refractivity (Wildman–Crippen MR) is 175 cm³/mol. The van der Waals surface area contributed by atoms with E-state index in [1.165, 1.54) is 57.0 Å². The predicted octanol–water partition coefficient (Wildman–Crippen LogP) is 8.55. The lowest BCUT2D eigenvalue weighted by atomic mass is 9.86. The van der Waals surface area contributed by atoms with E-state index in [1.807, 2.05) is 21.3 Å². The molecule has 0 heterocycles. The number of hydrogen-bond donors (Lipinski definition) is 0. The molecule has 4 aliphatic rings. The van der Waals surface area contributed by atoms with Gasteiger partial charge >= 0.3 is 0 Å². The Hall–Kier alpha value is 0.448. The quantitative estimate of drug-likeness (QED) is 0.176. The highest BCUT2D eigenvalue weighted by Gasteiger charge is 2.52. The molecular formula is C30H64O4Si4. The van der Waals surface area contributed by atoms with Crippen LogP contribution in [0.25, 0.3) is 0 Å². The highest BCUT2D eigenvalue weighted by molar-refractivity contribution is 6.73. The minimum Gasteiger partial charge on any atom is -0.424 e. The number of allylic oxidation sites excluding steroid dienone is 2. The Morgan fingerprint density at radius 3 is 1.58 bits per heavy atom. The first-order valence-corrected chi connectivity index (χ1v) is 27.5. The summed E-state index contributed by atoms with van der Waals surface area (Å²) in [7, 11) is 2.77. The van der Waals surface area contributed by atoms with Crippen LogP contribution in [0.4, 0.5) is 0 Å². The van der Waals surface area contributed by atoms with Gasteiger partial charge in [0.15, 0.2) is 34.0 Å². The van der Waals surface area contributed by atoms with Crippen molar-refractivity contribution >= 4 is 34.0 Å². The molecule has 0 radical (unpaired) electrons. The molecule has 0 N–H and O–H groups in total. The van der Waals surface area contributed by atoms with E-state index in [2.05, 4.69) is 64.5 Å². The molecule has 7 unspecified atom stereocenters. The van der Waals surface area contributed by atoms with Gasteiger partial charge in [-0.05, 0) is 138 Å². The molecule has 0 aliphatic heterocycles. The van der Waals surface area contributed by atoms with Crippen molar-refractivity contribution in [2.45, 2.75) is 115 Å². The van der Waals surface area contributed by atoms with Gasteiger partial charge < -0.3 is 17.7 Å². The third-order valence-electron chi connectivity index (χ3n) is 10.6. The maximum absolute atomic E-state index is 5.87. The highest BCUT2D eigenvalue weighted by atomic mass is 28.4. The molecule has 4 bridgehead atoms. The number of rotatable bonds is 11. The monoisotopic (exact) mass is 600 g/mol. The average Bonchev–Trinajstić information content (AvgIpc) is 3.69. The fraction of sp³-hybridized carbons (Fsp3) is 0.933. The molecule has 0 aromatic heterocycles. The molecule has 4 nitrogen and oxygen atoms in total. The fourth-order valence-corrected chi connectivity index (χ4v) is 12.4. The van der Waals surface area contributed by atoms with E-state index in [0.29, 0.717) is 0 Å². The van der Waals surface area contributed by atoms with Gasteiger partial charge in [-0.2, -0.15) is 0 Å². The van der Waals surface area contributed by atoms with Crippen molar-refractivity contribution in [1.29, 1.82) is 0 Å². The first kappa shape index (κ1) is 34.6. The molecule has 8 heteroatoms. The summed E-state index contributed by atoms with van der Waals surface area (Å²) < 4.78 is 22.1. The van der Waals surface area contributed by atoms with Crippen molar-refractivity contribution in [3.8, 4) is 0 Å². The largest absolute Gasteiger partial charge is 0.424 e. The minimum absolute atomic E-state index is 0.650. The summed E-state index contributed by atoms with van der Waals surface area (Å²) in [5.41, 5.74) is 0.923. The van der Waals surface area contributed by atoms with Crippen molar-refractivity contribution < 1.29 is 17.7 Å². The van der Waals surface area contributed by atoms with Crippen molar-refractivity contribution in [2.75, 3.05) is 28.4 Å². The van der Waals surface area contributed by atoms with Crippen LogP contribution in [-0.2, 0) is 17.7 Å². The van der Waals surface area contributed by atoms with Crippen molar-refractivity contribution in [1.82, 2.24) is 0 Å². The van der Waals surface area contributed by atoms with Crippen LogP contribution < -0.4 is 0 Å². The summed E-state index contributed by atoms with van der Waals surface area (Å²) >= 11 is 0. The zero-order valence-corrected chi connectivity index (χ0v) is 31.4. The van der Waals surface area contributed by atoms with Crippen LogP contribution in [-0.4, -0.2) is 62.4 Å². The first-order chi connectivity index (χ1) is 17.7. The SMILES string of the molecule is CO[SiH](C)C.CO[Si](C)(C)CCC1CC2C=CC1C2.CO[Si](C)(C)CCC1CC2CC1CC2[Si](C)(C)OC. The van der Waals surface area contributed by atoms with Crippen LogP contribution in [0.3, 0.4) is 0 Å². The van der Waals surface area contributed by atoms with Gasteiger partial charge in [0.25, 0.3) is 0 Å². The molecular weight excluding hydrogens is 537 g/mol. The average molecular weight is 601 g/mol. The van der Waals surface area contributed by atoms with E-state index >= 15 is 0 Å². The molecule has 224 valence electrons. The molecule has 7 atom stereocenters. The van der Waals surface area contributed by atoms with Gasteiger partial charge in [0, 0.05) is 28.4 Å². The molecule has 3 fully saturated rings. The molecule has 0 amide bonds. The molecule has 4 rings (SSSR count). The highest BCUT2D eigenvalue weighted by Crippen LogP contribution is 2.59. The van der Waals surface area contributed by atoms with Gasteiger partial charge in [0.2, 0.25) is 0 Å². The summed E-state index contributed by atoms with van der Waals surface area (Å²) in [5.74, 6) is 5.79. The van der Waals surface area contributed by atoms with Gasteiger partial charge in [-0.15, -0.1) is 0 Å². The van der Waals surface area contributed by atoms with E-state index in [4.69, 9.17) is 17.7 Å². The van der Waals surface area contributed by atoms with E-state index in [9.17, 15) is 0 Å².